The van der Waals surface area contributed by atoms with Gasteiger partial charge in [0.05, 0.1) is 10.0 Å². The SMILES string of the molecule is CCc1cccc(CC)c1NC(=O)CCSc1cc(Cl)c(O)c(Cl)c1. The molecule has 0 spiro atoms. The Bertz CT molecular complexity index is 720. The molecular weight excluding hydrogens is 377 g/mol. The standard InChI is InChI=1S/C19H21Cl2NO2S/c1-3-12-6-5-7-13(4-2)18(12)22-17(23)8-9-25-14-10-15(20)19(24)16(21)11-14/h5-7,10-11,24H,3-4,8-9H2,1-2H3,(H,22,23). The number of halogens is 2. The Morgan fingerprint density at radius 2 is 1.68 bits per heavy atom. The Balaban J connectivity index is 1.96. The molecule has 0 aliphatic heterocycles. The summed E-state index contributed by atoms with van der Waals surface area (Å²) in [5.74, 6) is 0.465. The zero-order valence-corrected chi connectivity index (χ0v) is 16.6. The molecule has 0 radical (unpaired) electrons. The average molecular weight is 398 g/mol. The maximum absolute atomic E-state index is 12.3. The third-order valence-electron chi connectivity index (χ3n) is 3.85. The number of rotatable bonds is 7. The van der Waals surface area contributed by atoms with Crippen molar-refractivity contribution in [2.24, 2.45) is 0 Å². The molecule has 2 aromatic carbocycles. The van der Waals surface area contributed by atoms with Gasteiger partial charge in [-0.2, -0.15) is 0 Å². The van der Waals surface area contributed by atoms with Gasteiger partial charge in [-0.15, -0.1) is 11.8 Å². The number of amides is 1. The van der Waals surface area contributed by atoms with Crippen LogP contribution in [0.1, 0.15) is 31.4 Å². The highest BCUT2D eigenvalue weighted by Gasteiger charge is 2.11. The van der Waals surface area contributed by atoms with E-state index < -0.39 is 0 Å². The van der Waals surface area contributed by atoms with Gasteiger partial charge in [-0.25, -0.2) is 0 Å². The van der Waals surface area contributed by atoms with Crippen LogP contribution in [0.3, 0.4) is 0 Å². The Morgan fingerprint density at radius 1 is 1.12 bits per heavy atom. The Labute approximate surface area is 162 Å². The molecule has 0 atom stereocenters. The van der Waals surface area contributed by atoms with E-state index in [1.54, 1.807) is 12.1 Å². The van der Waals surface area contributed by atoms with Crippen LogP contribution in [0.5, 0.6) is 5.75 Å². The molecule has 1 amide bonds. The molecule has 2 rings (SSSR count). The molecule has 25 heavy (non-hydrogen) atoms. The second-order valence-electron chi connectivity index (χ2n) is 5.54. The summed E-state index contributed by atoms with van der Waals surface area (Å²) in [4.78, 5) is 13.1. The van der Waals surface area contributed by atoms with Crippen molar-refractivity contribution in [2.75, 3.05) is 11.1 Å². The van der Waals surface area contributed by atoms with E-state index in [9.17, 15) is 9.90 Å². The average Bonchev–Trinajstić information content (AvgIpc) is 2.59. The molecule has 0 aromatic heterocycles. The smallest absolute Gasteiger partial charge is 0.225 e. The van der Waals surface area contributed by atoms with E-state index in [0.717, 1.165) is 34.6 Å². The van der Waals surface area contributed by atoms with E-state index >= 15 is 0 Å². The van der Waals surface area contributed by atoms with Crippen LogP contribution in [-0.4, -0.2) is 16.8 Å². The predicted molar refractivity (Wildman–Crippen MR) is 107 cm³/mol. The van der Waals surface area contributed by atoms with E-state index in [4.69, 9.17) is 23.2 Å². The van der Waals surface area contributed by atoms with E-state index in [0.29, 0.717) is 12.2 Å². The van der Waals surface area contributed by atoms with E-state index in [1.807, 2.05) is 18.2 Å². The van der Waals surface area contributed by atoms with Gasteiger partial charge < -0.3 is 10.4 Å². The van der Waals surface area contributed by atoms with Crippen LogP contribution < -0.4 is 5.32 Å². The number of hydrogen-bond donors (Lipinski definition) is 2. The lowest BCUT2D eigenvalue weighted by Gasteiger charge is -2.14. The number of para-hydroxylation sites is 1. The molecule has 0 bridgehead atoms. The fraction of sp³-hybridized carbons (Fsp3) is 0.316. The van der Waals surface area contributed by atoms with Crippen molar-refractivity contribution in [1.82, 2.24) is 0 Å². The molecule has 0 heterocycles. The lowest BCUT2D eigenvalue weighted by Crippen LogP contribution is -2.15. The van der Waals surface area contributed by atoms with Gasteiger partial charge in [-0.05, 0) is 36.1 Å². The number of benzene rings is 2. The second kappa shape index (κ2) is 9.37. The van der Waals surface area contributed by atoms with Gasteiger partial charge in [0.25, 0.3) is 0 Å². The summed E-state index contributed by atoms with van der Waals surface area (Å²) in [5.41, 5.74) is 3.24. The lowest BCUT2D eigenvalue weighted by molar-refractivity contribution is -0.115. The Kier molecular flexibility index (Phi) is 7.48. The molecule has 3 nitrogen and oxygen atoms in total. The molecule has 0 aliphatic rings. The molecule has 0 unspecified atom stereocenters. The van der Waals surface area contributed by atoms with Crippen LogP contribution >= 0.6 is 35.0 Å². The van der Waals surface area contributed by atoms with Crippen molar-refractivity contribution in [3.05, 3.63) is 51.5 Å². The van der Waals surface area contributed by atoms with Crippen LogP contribution in [0.15, 0.2) is 35.2 Å². The monoisotopic (exact) mass is 397 g/mol. The minimum atomic E-state index is -0.117. The van der Waals surface area contributed by atoms with E-state index in [-0.39, 0.29) is 21.7 Å². The van der Waals surface area contributed by atoms with Crippen LogP contribution in [0.2, 0.25) is 10.0 Å². The summed E-state index contributed by atoms with van der Waals surface area (Å²) < 4.78 is 0. The van der Waals surface area contributed by atoms with Crippen LogP contribution in [-0.2, 0) is 17.6 Å². The second-order valence-corrected chi connectivity index (χ2v) is 7.52. The van der Waals surface area contributed by atoms with Crippen molar-refractivity contribution >= 4 is 46.6 Å². The van der Waals surface area contributed by atoms with Crippen molar-refractivity contribution in [3.63, 3.8) is 0 Å². The third kappa shape index (κ3) is 5.30. The molecule has 2 aromatic rings. The number of thioether (sulfide) groups is 1. The normalized spacial score (nSPS) is 10.7. The number of anilines is 1. The van der Waals surface area contributed by atoms with Gasteiger partial charge in [0.2, 0.25) is 5.91 Å². The van der Waals surface area contributed by atoms with Crippen LogP contribution in [0.4, 0.5) is 5.69 Å². The number of phenolic OH excluding ortho intramolecular Hbond substituents is 1. The molecule has 0 saturated heterocycles. The van der Waals surface area contributed by atoms with Crippen LogP contribution in [0, 0.1) is 0 Å². The third-order valence-corrected chi connectivity index (χ3v) is 5.41. The first kappa shape index (κ1) is 20.0. The van der Waals surface area contributed by atoms with Crippen molar-refractivity contribution in [1.29, 1.82) is 0 Å². The highest BCUT2D eigenvalue weighted by Crippen LogP contribution is 2.36. The fourth-order valence-electron chi connectivity index (χ4n) is 2.49. The van der Waals surface area contributed by atoms with Gasteiger partial charge in [0.15, 0.2) is 5.75 Å². The van der Waals surface area contributed by atoms with Crippen molar-refractivity contribution < 1.29 is 9.90 Å². The molecule has 0 saturated carbocycles. The maximum Gasteiger partial charge on any atom is 0.225 e. The summed E-state index contributed by atoms with van der Waals surface area (Å²) in [6.45, 7) is 4.16. The first-order valence-corrected chi connectivity index (χ1v) is 9.91. The van der Waals surface area contributed by atoms with Gasteiger partial charge in [0, 0.05) is 22.8 Å². The summed E-state index contributed by atoms with van der Waals surface area (Å²) in [7, 11) is 0. The fourth-order valence-corrected chi connectivity index (χ4v) is 4.03. The molecule has 134 valence electrons. The summed E-state index contributed by atoms with van der Waals surface area (Å²) >= 11 is 13.3. The highest BCUT2D eigenvalue weighted by atomic mass is 35.5. The zero-order chi connectivity index (χ0) is 18.4. The number of carbonyl (C=O) groups is 1. The minimum absolute atomic E-state index is 0.0147. The Morgan fingerprint density at radius 3 is 2.20 bits per heavy atom. The molecule has 0 fully saturated rings. The van der Waals surface area contributed by atoms with Gasteiger partial charge in [0.1, 0.15) is 0 Å². The number of phenols is 1. The predicted octanol–water partition coefficient (Wildman–Crippen LogP) is 5.94. The maximum atomic E-state index is 12.3. The number of nitrogens with one attached hydrogen (secondary N) is 1. The molecule has 2 N–H and O–H groups in total. The number of aromatic hydroxyl groups is 1. The largest absolute Gasteiger partial charge is 0.505 e. The quantitative estimate of drug-likeness (QED) is 0.567. The lowest BCUT2D eigenvalue weighted by atomic mass is 10.0. The number of carbonyl (C=O) groups excluding carboxylic acids is 1. The molecular formula is C19H21Cl2NO2S. The van der Waals surface area contributed by atoms with Gasteiger partial charge in [-0.3, -0.25) is 4.79 Å². The topological polar surface area (TPSA) is 49.3 Å². The number of aryl methyl sites for hydroxylation is 2. The van der Waals surface area contributed by atoms with Crippen LogP contribution in [0.25, 0.3) is 0 Å². The van der Waals surface area contributed by atoms with Gasteiger partial charge >= 0.3 is 0 Å². The summed E-state index contributed by atoms with van der Waals surface area (Å²) in [5, 5.41) is 13.0. The number of hydrogen-bond acceptors (Lipinski definition) is 3. The first-order valence-electron chi connectivity index (χ1n) is 8.17. The zero-order valence-electron chi connectivity index (χ0n) is 14.2. The molecule has 6 heteroatoms. The highest BCUT2D eigenvalue weighted by molar-refractivity contribution is 7.99. The Hall–Kier alpha value is -1.36. The summed E-state index contributed by atoms with van der Waals surface area (Å²) in [6, 6.07) is 9.41. The van der Waals surface area contributed by atoms with E-state index in [1.165, 1.54) is 11.8 Å². The van der Waals surface area contributed by atoms with Gasteiger partial charge in [-0.1, -0.05) is 55.2 Å². The molecule has 0 aliphatic carbocycles. The minimum Gasteiger partial charge on any atom is -0.505 e. The first-order chi connectivity index (χ1) is 12.0. The summed E-state index contributed by atoms with van der Waals surface area (Å²) in [6.07, 6.45) is 2.13. The van der Waals surface area contributed by atoms with Crippen molar-refractivity contribution in [2.45, 2.75) is 38.0 Å². The van der Waals surface area contributed by atoms with Crippen molar-refractivity contribution in [3.8, 4) is 5.75 Å². The van der Waals surface area contributed by atoms with E-state index in [2.05, 4.69) is 19.2 Å².